The Morgan fingerprint density at radius 3 is 3.00 bits per heavy atom. The van der Waals surface area contributed by atoms with Gasteiger partial charge in [0.05, 0.1) is 11.9 Å². The summed E-state index contributed by atoms with van der Waals surface area (Å²) in [7, 11) is 0. The minimum atomic E-state index is -0.923. The Labute approximate surface area is 125 Å². The number of H-pyrrole nitrogens is 1. The second-order valence-corrected chi connectivity index (χ2v) is 5.54. The van der Waals surface area contributed by atoms with Crippen molar-refractivity contribution >= 4 is 11.7 Å². The summed E-state index contributed by atoms with van der Waals surface area (Å²) in [6.45, 7) is 2.27. The Hall–Kier alpha value is -2.82. The maximum absolute atomic E-state index is 11.9. The molecule has 3 heterocycles. The molecule has 1 aliphatic heterocycles. The van der Waals surface area contributed by atoms with Crippen molar-refractivity contribution in [3.05, 3.63) is 33.9 Å². The average molecular weight is 301 g/mol. The molecule has 2 atom stereocenters. The summed E-state index contributed by atoms with van der Waals surface area (Å²) in [6, 6.07) is 3.35. The zero-order valence-electron chi connectivity index (χ0n) is 12.0. The molecule has 2 unspecified atom stereocenters. The van der Waals surface area contributed by atoms with E-state index in [1.807, 2.05) is 13.0 Å². The smallest absolute Gasteiger partial charge is 0.407 e. The van der Waals surface area contributed by atoms with Crippen LogP contribution in [0.5, 0.6) is 0 Å². The molecule has 0 aliphatic carbocycles. The first-order chi connectivity index (χ1) is 10.5. The van der Waals surface area contributed by atoms with E-state index in [1.165, 1.54) is 17.2 Å². The van der Waals surface area contributed by atoms with E-state index in [4.69, 9.17) is 10.4 Å². The van der Waals surface area contributed by atoms with Gasteiger partial charge in [-0.1, -0.05) is 0 Å². The second kappa shape index (κ2) is 5.18. The Morgan fingerprint density at radius 2 is 2.36 bits per heavy atom. The minimum Gasteiger partial charge on any atom is -0.465 e. The van der Waals surface area contributed by atoms with Crippen molar-refractivity contribution in [2.45, 2.75) is 31.7 Å². The summed E-state index contributed by atoms with van der Waals surface area (Å²) in [5.74, 6) is 0.0295. The van der Waals surface area contributed by atoms with Crippen LogP contribution in [0.3, 0.4) is 0 Å². The lowest BCUT2D eigenvalue weighted by molar-refractivity contribution is 0.106. The number of fused-ring (bicyclic) bond motifs is 1. The Balaban J connectivity index is 2.01. The Morgan fingerprint density at radius 1 is 1.59 bits per heavy atom. The number of carbonyl (C=O) groups is 1. The third-order valence-corrected chi connectivity index (χ3v) is 4.19. The number of nitrogens with one attached hydrogen (secondary N) is 1. The molecule has 3 rings (SSSR count). The van der Waals surface area contributed by atoms with Gasteiger partial charge < -0.3 is 15.0 Å². The van der Waals surface area contributed by atoms with E-state index in [1.54, 1.807) is 4.52 Å². The highest BCUT2D eigenvalue weighted by molar-refractivity contribution is 5.65. The Bertz CT molecular complexity index is 831. The van der Waals surface area contributed by atoms with Gasteiger partial charge in [-0.05, 0) is 19.8 Å². The van der Waals surface area contributed by atoms with Crippen molar-refractivity contribution in [1.82, 2.24) is 19.5 Å². The number of rotatable bonds is 1. The first-order valence-electron chi connectivity index (χ1n) is 7.02. The van der Waals surface area contributed by atoms with E-state index in [0.717, 1.165) is 5.69 Å². The topological polar surface area (TPSA) is 114 Å². The summed E-state index contributed by atoms with van der Waals surface area (Å²) < 4.78 is 1.58. The van der Waals surface area contributed by atoms with Crippen LogP contribution in [0.2, 0.25) is 0 Å². The van der Waals surface area contributed by atoms with E-state index in [0.29, 0.717) is 30.6 Å². The lowest BCUT2D eigenvalue weighted by atomic mass is 9.89. The first-order valence-corrected chi connectivity index (χ1v) is 7.02. The number of nitriles is 1. The SMILES string of the molecule is CC1CC(c2cc(=O)[nH]c3c(C#N)cnn23)CCN1C(=O)O. The molecule has 0 radical (unpaired) electrons. The van der Waals surface area contributed by atoms with Crippen molar-refractivity contribution in [3.63, 3.8) is 0 Å². The van der Waals surface area contributed by atoms with Crippen LogP contribution in [0, 0.1) is 11.3 Å². The molecular formula is C14H15N5O3. The van der Waals surface area contributed by atoms with Gasteiger partial charge in [0.2, 0.25) is 0 Å². The number of hydrogen-bond donors (Lipinski definition) is 2. The van der Waals surface area contributed by atoms with Gasteiger partial charge in [0.1, 0.15) is 11.6 Å². The number of likely N-dealkylation sites (tertiary alicyclic amines) is 1. The quantitative estimate of drug-likeness (QED) is 0.819. The maximum atomic E-state index is 11.9. The van der Waals surface area contributed by atoms with Gasteiger partial charge in [-0.25, -0.2) is 9.31 Å². The number of carboxylic acid groups (broad SMARTS) is 1. The number of hydrogen-bond acceptors (Lipinski definition) is 4. The summed E-state index contributed by atoms with van der Waals surface area (Å²) in [5.41, 5.74) is 1.14. The highest BCUT2D eigenvalue weighted by Gasteiger charge is 2.31. The van der Waals surface area contributed by atoms with E-state index < -0.39 is 6.09 Å². The molecule has 22 heavy (non-hydrogen) atoms. The minimum absolute atomic E-state index is 0.0295. The fourth-order valence-corrected chi connectivity index (χ4v) is 3.11. The molecule has 0 saturated carbocycles. The van der Waals surface area contributed by atoms with E-state index >= 15 is 0 Å². The van der Waals surface area contributed by atoms with Crippen molar-refractivity contribution < 1.29 is 9.90 Å². The van der Waals surface area contributed by atoms with Gasteiger partial charge in [-0.3, -0.25) is 4.79 Å². The lowest BCUT2D eigenvalue weighted by Crippen LogP contribution is -2.43. The van der Waals surface area contributed by atoms with E-state index in [2.05, 4.69) is 10.1 Å². The van der Waals surface area contributed by atoms with Gasteiger partial charge in [0, 0.05) is 24.6 Å². The third-order valence-electron chi connectivity index (χ3n) is 4.19. The van der Waals surface area contributed by atoms with Gasteiger partial charge in [-0.2, -0.15) is 10.4 Å². The van der Waals surface area contributed by atoms with Crippen LogP contribution in [0.25, 0.3) is 5.65 Å². The molecule has 1 amide bonds. The average Bonchev–Trinajstić information content (AvgIpc) is 2.88. The van der Waals surface area contributed by atoms with Crippen molar-refractivity contribution in [2.75, 3.05) is 6.54 Å². The van der Waals surface area contributed by atoms with Crippen molar-refractivity contribution in [3.8, 4) is 6.07 Å². The summed E-state index contributed by atoms with van der Waals surface area (Å²) in [5, 5.41) is 22.4. The number of aromatic amines is 1. The van der Waals surface area contributed by atoms with Gasteiger partial charge in [0.15, 0.2) is 5.65 Å². The van der Waals surface area contributed by atoms with E-state index in [-0.39, 0.29) is 17.5 Å². The van der Waals surface area contributed by atoms with Crippen LogP contribution in [0.1, 0.15) is 36.9 Å². The third kappa shape index (κ3) is 2.20. The highest BCUT2D eigenvalue weighted by atomic mass is 16.4. The van der Waals surface area contributed by atoms with Gasteiger partial charge in [0.25, 0.3) is 5.56 Å². The molecule has 0 aromatic carbocycles. The molecule has 114 valence electrons. The molecule has 1 aliphatic rings. The summed E-state index contributed by atoms with van der Waals surface area (Å²) in [6.07, 6.45) is 1.74. The van der Waals surface area contributed by atoms with Gasteiger partial charge in [-0.15, -0.1) is 0 Å². The van der Waals surface area contributed by atoms with Crippen molar-refractivity contribution in [1.29, 1.82) is 5.26 Å². The standard InChI is InChI=1S/C14H15N5O3/c1-8-4-9(2-3-18(8)14(21)22)11-5-12(20)17-13-10(6-15)7-16-19(11)13/h5,7-9H,2-4H2,1H3,(H,17,20)(H,21,22). The molecule has 2 aromatic heterocycles. The highest BCUT2D eigenvalue weighted by Crippen LogP contribution is 2.31. The zero-order valence-corrected chi connectivity index (χ0v) is 12.0. The summed E-state index contributed by atoms with van der Waals surface area (Å²) in [4.78, 5) is 27.0. The predicted molar refractivity (Wildman–Crippen MR) is 76.7 cm³/mol. The predicted octanol–water partition coefficient (Wildman–Crippen LogP) is 1.14. The molecule has 1 fully saturated rings. The van der Waals surface area contributed by atoms with Crippen LogP contribution in [-0.4, -0.2) is 43.3 Å². The Kier molecular flexibility index (Phi) is 3.33. The van der Waals surface area contributed by atoms with Crippen LogP contribution in [-0.2, 0) is 0 Å². The number of aromatic nitrogens is 3. The van der Waals surface area contributed by atoms with Gasteiger partial charge >= 0.3 is 6.09 Å². The monoisotopic (exact) mass is 301 g/mol. The molecule has 0 bridgehead atoms. The first kappa shape index (κ1) is 14.1. The number of nitrogens with zero attached hydrogens (tertiary/aromatic N) is 4. The zero-order chi connectivity index (χ0) is 15.9. The molecule has 2 aromatic rings. The number of piperidine rings is 1. The van der Waals surface area contributed by atoms with Crippen molar-refractivity contribution in [2.24, 2.45) is 0 Å². The molecule has 8 heteroatoms. The molecule has 1 saturated heterocycles. The number of amides is 1. The lowest BCUT2D eigenvalue weighted by Gasteiger charge is -2.35. The molecular weight excluding hydrogens is 286 g/mol. The molecule has 8 nitrogen and oxygen atoms in total. The van der Waals surface area contributed by atoms with E-state index in [9.17, 15) is 9.59 Å². The van der Waals surface area contributed by atoms with Crippen LogP contribution < -0.4 is 5.56 Å². The molecule has 0 spiro atoms. The fraction of sp³-hybridized carbons (Fsp3) is 0.429. The molecule has 2 N–H and O–H groups in total. The maximum Gasteiger partial charge on any atom is 0.407 e. The fourth-order valence-electron chi connectivity index (χ4n) is 3.11. The van der Waals surface area contributed by atoms with Crippen LogP contribution in [0.15, 0.2) is 17.1 Å². The largest absolute Gasteiger partial charge is 0.465 e. The second-order valence-electron chi connectivity index (χ2n) is 5.54. The normalized spacial score (nSPS) is 21.7. The van der Waals surface area contributed by atoms with Crippen LogP contribution >= 0.6 is 0 Å². The van der Waals surface area contributed by atoms with Crippen LogP contribution in [0.4, 0.5) is 4.79 Å². The summed E-state index contributed by atoms with van der Waals surface area (Å²) >= 11 is 0.